The van der Waals surface area contributed by atoms with Gasteiger partial charge in [-0.1, -0.05) is 78.9 Å². The Morgan fingerprint density at radius 1 is 0.542 bits per heavy atom. The van der Waals surface area contributed by atoms with Crippen LogP contribution in [0.1, 0.15) is 56.8 Å². The largest absolute Gasteiger partial charge is 0.478 e. The highest BCUT2D eigenvalue weighted by atomic mass is 32.3. The molecule has 308 valence electrons. The van der Waals surface area contributed by atoms with Crippen molar-refractivity contribution in [3.63, 3.8) is 0 Å². The van der Waals surface area contributed by atoms with Crippen LogP contribution in [0.15, 0.2) is 153 Å². The second-order valence-electron chi connectivity index (χ2n) is 13.5. The molecule has 12 nitrogen and oxygen atoms in total. The van der Waals surface area contributed by atoms with Crippen molar-refractivity contribution in [3.8, 4) is 0 Å². The number of hydrogen-bond acceptors (Lipinski definition) is 9. The van der Waals surface area contributed by atoms with Gasteiger partial charge in [0, 0.05) is 11.4 Å². The van der Waals surface area contributed by atoms with E-state index >= 15 is 0 Å². The molecule has 4 N–H and O–H groups in total. The topological polar surface area (TPSA) is 201 Å². The first-order valence-electron chi connectivity index (χ1n) is 18.2. The summed E-state index contributed by atoms with van der Waals surface area (Å²) in [7, 11) is -11.2. The highest BCUT2D eigenvalue weighted by Crippen LogP contribution is 2.31. The quantitative estimate of drug-likeness (QED) is 0.0735. The standard InChI is InChI=1S/C25H21NO6S3.C18H21NO4S/c27-25(28)22-12-5-4-8-19(22)14-13-18-7-6-9-20(17-18)26-35(31,32)24-16-15-23(33-24)34(29,30)21-10-2-1-3-11-21;1-13(2)24(22,23)19-16-8-5-6-14(12-16)10-11-15-7-3-4-9-17(15)18(20)21/h1-12,15-17,26H,13-14H2,(H,27,28);3-9,12-13,19H,10-11H2,1-2H3,(H,20,21). The van der Waals surface area contributed by atoms with Gasteiger partial charge < -0.3 is 10.2 Å². The lowest BCUT2D eigenvalue weighted by atomic mass is 10.00. The van der Waals surface area contributed by atoms with Crippen molar-refractivity contribution in [3.05, 3.63) is 173 Å². The van der Waals surface area contributed by atoms with Gasteiger partial charge in [0.25, 0.3) is 10.0 Å². The molecule has 6 aromatic rings. The molecular weight excluding hydrogens is 833 g/mol. The first-order chi connectivity index (χ1) is 28.0. The maximum atomic E-state index is 12.9. The van der Waals surface area contributed by atoms with E-state index in [1.807, 2.05) is 18.2 Å². The van der Waals surface area contributed by atoms with Crippen molar-refractivity contribution < 1.29 is 45.1 Å². The monoisotopic (exact) mass is 874 g/mol. The molecule has 1 aromatic heterocycles. The van der Waals surface area contributed by atoms with E-state index in [1.165, 1.54) is 24.3 Å². The van der Waals surface area contributed by atoms with Gasteiger partial charge in [-0.3, -0.25) is 9.44 Å². The van der Waals surface area contributed by atoms with Crippen LogP contribution in [0.4, 0.5) is 11.4 Å². The number of carbonyl (C=O) groups is 2. The molecule has 5 aromatic carbocycles. The second kappa shape index (κ2) is 19.3. The summed E-state index contributed by atoms with van der Waals surface area (Å²) < 4.78 is 80.2. The van der Waals surface area contributed by atoms with E-state index in [2.05, 4.69) is 9.44 Å². The Morgan fingerprint density at radius 3 is 1.49 bits per heavy atom. The molecule has 0 atom stereocenters. The molecule has 0 bridgehead atoms. The van der Waals surface area contributed by atoms with Gasteiger partial charge in [-0.15, -0.1) is 11.3 Å². The lowest BCUT2D eigenvalue weighted by Crippen LogP contribution is -2.22. The van der Waals surface area contributed by atoms with Crippen LogP contribution in [-0.2, 0) is 55.6 Å². The molecule has 1 heterocycles. The van der Waals surface area contributed by atoms with Gasteiger partial charge >= 0.3 is 11.9 Å². The van der Waals surface area contributed by atoms with Crippen LogP contribution in [0.2, 0.25) is 0 Å². The fourth-order valence-corrected chi connectivity index (χ4v) is 10.8. The van der Waals surface area contributed by atoms with Crippen molar-refractivity contribution in [2.24, 2.45) is 0 Å². The highest BCUT2D eigenvalue weighted by Gasteiger charge is 2.24. The Balaban J connectivity index is 0.000000241. The molecular formula is C43H42N2O10S4. The van der Waals surface area contributed by atoms with Gasteiger partial charge in [-0.2, -0.15) is 0 Å². The maximum absolute atomic E-state index is 12.9. The lowest BCUT2D eigenvalue weighted by Gasteiger charge is -2.12. The van der Waals surface area contributed by atoms with Gasteiger partial charge in [0.2, 0.25) is 19.9 Å². The van der Waals surface area contributed by atoms with Crippen LogP contribution in [0, 0.1) is 0 Å². The molecule has 6 rings (SSSR count). The predicted molar refractivity (Wildman–Crippen MR) is 229 cm³/mol. The summed E-state index contributed by atoms with van der Waals surface area (Å²) in [6.45, 7) is 3.24. The zero-order valence-electron chi connectivity index (χ0n) is 32.0. The molecule has 0 saturated carbocycles. The average molecular weight is 875 g/mol. The van der Waals surface area contributed by atoms with Gasteiger partial charge in [0.05, 0.1) is 21.3 Å². The zero-order valence-corrected chi connectivity index (χ0v) is 35.2. The number of thiophene rings is 1. The van der Waals surface area contributed by atoms with Crippen molar-refractivity contribution in [1.82, 2.24) is 0 Å². The molecule has 59 heavy (non-hydrogen) atoms. The summed E-state index contributed by atoms with van der Waals surface area (Å²) in [5.74, 6) is -1.93. The lowest BCUT2D eigenvalue weighted by molar-refractivity contribution is 0.0684. The molecule has 0 aliphatic rings. The number of rotatable bonds is 16. The Kier molecular flexibility index (Phi) is 14.5. The van der Waals surface area contributed by atoms with E-state index < -0.39 is 47.1 Å². The number of aromatic carboxylic acids is 2. The smallest absolute Gasteiger partial charge is 0.335 e. The average Bonchev–Trinajstić information content (AvgIpc) is 3.73. The maximum Gasteiger partial charge on any atom is 0.335 e. The van der Waals surface area contributed by atoms with Crippen LogP contribution in [0.3, 0.4) is 0 Å². The van der Waals surface area contributed by atoms with Crippen LogP contribution >= 0.6 is 11.3 Å². The number of sulfonamides is 2. The Labute approximate surface area is 348 Å². The van der Waals surface area contributed by atoms with Crippen molar-refractivity contribution in [2.75, 3.05) is 9.44 Å². The molecule has 0 radical (unpaired) electrons. The van der Waals surface area contributed by atoms with E-state index in [-0.39, 0.29) is 18.9 Å². The van der Waals surface area contributed by atoms with Crippen LogP contribution in [-0.4, -0.2) is 52.7 Å². The minimum Gasteiger partial charge on any atom is -0.478 e. The van der Waals surface area contributed by atoms with Crippen LogP contribution < -0.4 is 9.44 Å². The fraction of sp³-hybridized carbons (Fsp3) is 0.163. The van der Waals surface area contributed by atoms with Crippen molar-refractivity contribution in [2.45, 2.75) is 58.1 Å². The number of hydrogen-bond donors (Lipinski definition) is 4. The molecule has 0 aliphatic carbocycles. The van der Waals surface area contributed by atoms with E-state index in [0.717, 1.165) is 16.7 Å². The predicted octanol–water partition coefficient (Wildman–Crippen LogP) is 8.19. The summed E-state index contributed by atoms with van der Waals surface area (Å²) in [6, 6.07) is 38.0. The number of aryl methyl sites for hydroxylation is 4. The molecule has 0 saturated heterocycles. The SMILES string of the molecule is CC(C)S(=O)(=O)Nc1cccc(CCc2ccccc2C(=O)O)c1.O=C(O)c1ccccc1CCc1cccc(NS(=O)(=O)c2ccc(S(=O)(=O)c3ccccc3)s2)c1. The first-order valence-corrected chi connectivity index (χ1v) is 23.5. The van der Waals surface area contributed by atoms with E-state index in [4.69, 9.17) is 0 Å². The van der Waals surface area contributed by atoms with Gasteiger partial charge in [-0.05, 0) is 122 Å². The zero-order chi connectivity index (χ0) is 42.8. The molecule has 0 aliphatic heterocycles. The van der Waals surface area contributed by atoms with Gasteiger partial charge in [-0.25, -0.2) is 34.8 Å². The number of carboxylic acids is 2. The Hall–Kier alpha value is -5.81. The Bertz CT molecular complexity index is 2770. The summed E-state index contributed by atoms with van der Waals surface area (Å²) in [6.07, 6.45) is 2.19. The summed E-state index contributed by atoms with van der Waals surface area (Å²) in [5, 5.41) is 18.0. The fourth-order valence-electron chi connectivity index (χ4n) is 5.83. The number of nitrogens with one attached hydrogen (secondary N) is 2. The summed E-state index contributed by atoms with van der Waals surface area (Å²) >= 11 is 0.683. The van der Waals surface area contributed by atoms with E-state index in [9.17, 15) is 45.1 Å². The molecule has 0 amide bonds. The van der Waals surface area contributed by atoms with Crippen LogP contribution in [0.25, 0.3) is 0 Å². The van der Waals surface area contributed by atoms with Crippen molar-refractivity contribution in [1.29, 1.82) is 0 Å². The molecule has 0 unspecified atom stereocenters. The van der Waals surface area contributed by atoms with Gasteiger partial charge in [0.15, 0.2) is 0 Å². The number of anilines is 2. The molecule has 0 fully saturated rings. The number of carboxylic acid groups (broad SMARTS) is 2. The normalized spacial score (nSPS) is 11.6. The summed E-state index contributed by atoms with van der Waals surface area (Å²) in [4.78, 5) is 22.7. The first kappa shape index (κ1) is 44.3. The number of benzene rings is 5. The van der Waals surface area contributed by atoms with Crippen molar-refractivity contribution >= 4 is 64.5 Å². The molecule has 16 heteroatoms. The Morgan fingerprint density at radius 2 is 1.00 bits per heavy atom. The molecule has 0 spiro atoms. The summed E-state index contributed by atoms with van der Waals surface area (Å²) in [5.41, 5.74) is 4.61. The third kappa shape index (κ3) is 11.9. The second-order valence-corrected chi connectivity index (χ2v) is 20.9. The van der Waals surface area contributed by atoms with Crippen LogP contribution in [0.5, 0.6) is 0 Å². The van der Waals surface area contributed by atoms with E-state index in [0.29, 0.717) is 59.5 Å². The third-order valence-electron chi connectivity index (χ3n) is 8.99. The van der Waals surface area contributed by atoms with Gasteiger partial charge in [0.1, 0.15) is 8.42 Å². The third-order valence-corrected chi connectivity index (χ3v) is 16.0. The highest BCUT2D eigenvalue weighted by molar-refractivity contribution is 7.96. The van der Waals surface area contributed by atoms with E-state index in [1.54, 1.807) is 111 Å². The minimum absolute atomic E-state index is 0.0603. The number of sulfone groups is 1. The minimum atomic E-state index is -4.01.